The van der Waals surface area contributed by atoms with Gasteiger partial charge in [-0.3, -0.25) is 0 Å². The molecule has 2 aliphatic rings. The minimum atomic E-state index is 0.634. The normalized spacial score (nSPS) is 42.8. The number of hydrogen-bond acceptors (Lipinski definition) is 2. The van der Waals surface area contributed by atoms with Crippen LogP contribution in [0.3, 0.4) is 0 Å². The van der Waals surface area contributed by atoms with E-state index in [2.05, 4.69) is 17.7 Å². The van der Waals surface area contributed by atoms with E-state index in [1.807, 2.05) is 0 Å². The van der Waals surface area contributed by atoms with Crippen molar-refractivity contribution in [1.29, 1.82) is 0 Å². The first kappa shape index (κ1) is 7.56. The molecule has 0 aromatic rings. The highest BCUT2D eigenvalue weighted by molar-refractivity contribution is 5.00. The summed E-state index contributed by atoms with van der Waals surface area (Å²) >= 11 is 0. The molecule has 0 spiro atoms. The molecule has 0 aromatic heterocycles. The summed E-state index contributed by atoms with van der Waals surface area (Å²) in [6, 6.07) is 0. The number of fused-ring (bicyclic) bond motifs is 1. The van der Waals surface area contributed by atoms with Crippen LogP contribution in [-0.2, 0) is 0 Å². The van der Waals surface area contributed by atoms with Gasteiger partial charge in [0.25, 0.3) is 0 Å². The number of hydrogen-bond donors (Lipinski definition) is 2. The zero-order valence-corrected chi connectivity index (χ0v) is 7.32. The van der Waals surface area contributed by atoms with E-state index >= 15 is 0 Å². The van der Waals surface area contributed by atoms with Crippen molar-refractivity contribution < 1.29 is 0 Å². The smallest absolute Gasteiger partial charge is 0.00232 e. The fraction of sp³-hybridized carbons (Fsp3) is 1.00. The largest absolute Gasteiger partial charge is 0.319 e. The van der Waals surface area contributed by atoms with E-state index in [1.54, 1.807) is 0 Å². The quantitative estimate of drug-likeness (QED) is 0.608. The molecule has 11 heavy (non-hydrogen) atoms. The van der Waals surface area contributed by atoms with Gasteiger partial charge in [0, 0.05) is 13.1 Å². The first-order chi connectivity index (χ1) is 5.37. The molecule has 1 aliphatic heterocycles. The van der Waals surface area contributed by atoms with Crippen molar-refractivity contribution in [3.05, 3.63) is 0 Å². The zero-order chi connectivity index (χ0) is 7.73. The molecule has 2 heteroatoms. The Bertz CT molecular complexity index is 134. The van der Waals surface area contributed by atoms with Crippen molar-refractivity contribution in [2.45, 2.75) is 19.3 Å². The molecular formula is C9H18N2. The second-order valence-electron chi connectivity index (χ2n) is 4.11. The molecule has 0 bridgehead atoms. The summed E-state index contributed by atoms with van der Waals surface area (Å²) in [6.45, 7) is 3.73. The Balaban J connectivity index is 2.07. The van der Waals surface area contributed by atoms with Gasteiger partial charge in [-0.2, -0.15) is 0 Å². The van der Waals surface area contributed by atoms with Crippen LogP contribution in [0.15, 0.2) is 0 Å². The van der Waals surface area contributed by atoms with Gasteiger partial charge in [-0.25, -0.2) is 0 Å². The van der Waals surface area contributed by atoms with Crippen LogP contribution in [0, 0.1) is 11.3 Å². The minimum Gasteiger partial charge on any atom is -0.319 e. The lowest BCUT2D eigenvalue weighted by Gasteiger charge is -2.27. The van der Waals surface area contributed by atoms with Crippen LogP contribution < -0.4 is 10.6 Å². The van der Waals surface area contributed by atoms with Gasteiger partial charge in [-0.15, -0.1) is 0 Å². The first-order valence-electron chi connectivity index (χ1n) is 4.73. The first-order valence-corrected chi connectivity index (χ1v) is 4.73. The van der Waals surface area contributed by atoms with Gasteiger partial charge in [0.1, 0.15) is 0 Å². The zero-order valence-electron chi connectivity index (χ0n) is 7.32. The van der Waals surface area contributed by atoms with Crippen molar-refractivity contribution in [1.82, 2.24) is 10.6 Å². The second-order valence-corrected chi connectivity index (χ2v) is 4.11. The van der Waals surface area contributed by atoms with Crippen LogP contribution in [0.1, 0.15) is 19.3 Å². The Morgan fingerprint density at radius 1 is 1.64 bits per heavy atom. The van der Waals surface area contributed by atoms with E-state index < -0.39 is 0 Å². The number of nitrogens with one attached hydrogen (secondary N) is 2. The number of rotatable bonds is 2. The maximum Gasteiger partial charge on any atom is 0.00232 e. The summed E-state index contributed by atoms with van der Waals surface area (Å²) in [6.07, 6.45) is 4.34. The highest BCUT2D eigenvalue weighted by Gasteiger charge is 2.45. The molecule has 1 saturated heterocycles. The van der Waals surface area contributed by atoms with E-state index in [4.69, 9.17) is 0 Å². The van der Waals surface area contributed by atoms with Gasteiger partial charge >= 0.3 is 0 Å². The molecular weight excluding hydrogens is 136 g/mol. The highest BCUT2D eigenvalue weighted by atomic mass is 15.0. The maximum absolute atomic E-state index is 3.51. The van der Waals surface area contributed by atoms with Crippen LogP contribution in [0.4, 0.5) is 0 Å². The van der Waals surface area contributed by atoms with Crippen molar-refractivity contribution in [3.8, 4) is 0 Å². The predicted octanol–water partition coefficient (Wildman–Crippen LogP) is 0.595. The standard InChI is InChI=1S/C9H18N2/c1-10-6-9-4-2-3-8(9)5-11-7-9/h8,10-11H,2-7H2,1H3/t8-,9-/m1/s1. The van der Waals surface area contributed by atoms with Crippen LogP contribution >= 0.6 is 0 Å². The van der Waals surface area contributed by atoms with E-state index in [1.165, 1.54) is 38.9 Å². The van der Waals surface area contributed by atoms with E-state index in [9.17, 15) is 0 Å². The Kier molecular flexibility index (Phi) is 1.90. The third-order valence-electron chi connectivity index (χ3n) is 3.49. The lowest BCUT2D eigenvalue weighted by molar-refractivity contribution is 0.263. The van der Waals surface area contributed by atoms with Crippen LogP contribution in [0.2, 0.25) is 0 Å². The molecule has 1 saturated carbocycles. The third kappa shape index (κ3) is 1.09. The Morgan fingerprint density at radius 2 is 2.55 bits per heavy atom. The molecule has 2 N–H and O–H groups in total. The van der Waals surface area contributed by atoms with Crippen LogP contribution in [0.25, 0.3) is 0 Å². The molecule has 2 atom stereocenters. The molecule has 1 heterocycles. The molecule has 2 fully saturated rings. The molecule has 0 amide bonds. The fourth-order valence-electron chi connectivity index (χ4n) is 2.90. The summed E-state index contributed by atoms with van der Waals surface area (Å²) in [5.41, 5.74) is 0.634. The monoisotopic (exact) mass is 154 g/mol. The molecule has 2 nitrogen and oxygen atoms in total. The van der Waals surface area contributed by atoms with Gasteiger partial charge in [0.15, 0.2) is 0 Å². The summed E-state index contributed by atoms with van der Waals surface area (Å²) in [7, 11) is 2.07. The average Bonchev–Trinajstić information content (AvgIpc) is 2.45. The molecule has 1 aliphatic carbocycles. The third-order valence-corrected chi connectivity index (χ3v) is 3.49. The topological polar surface area (TPSA) is 24.1 Å². The van der Waals surface area contributed by atoms with Crippen molar-refractivity contribution in [3.63, 3.8) is 0 Å². The van der Waals surface area contributed by atoms with Crippen molar-refractivity contribution in [2.24, 2.45) is 11.3 Å². The van der Waals surface area contributed by atoms with Gasteiger partial charge < -0.3 is 10.6 Å². The van der Waals surface area contributed by atoms with E-state index in [0.717, 1.165) is 5.92 Å². The Morgan fingerprint density at radius 3 is 3.36 bits per heavy atom. The molecule has 0 aromatic carbocycles. The minimum absolute atomic E-state index is 0.634. The summed E-state index contributed by atoms with van der Waals surface area (Å²) in [5, 5.41) is 6.84. The SMILES string of the molecule is CNC[C@@]12CCC[C@@H]1CNC2. The van der Waals surface area contributed by atoms with Crippen LogP contribution in [-0.4, -0.2) is 26.7 Å². The molecule has 2 rings (SSSR count). The van der Waals surface area contributed by atoms with Gasteiger partial charge in [-0.05, 0) is 37.8 Å². The summed E-state index contributed by atoms with van der Waals surface area (Å²) < 4.78 is 0. The van der Waals surface area contributed by atoms with Crippen LogP contribution in [0.5, 0.6) is 0 Å². The van der Waals surface area contributed by atoms with E-state index in [-0.39, 0.29) is 0 Å². The van der Waals surface area contributed by atoms with Gasteiger partial charge in [0.2, 0.25) is 0 Å². The Labute approximate surface area is 68.7 Å². The van der Waals surface area contributed by atoms with Gasteiger partial charge in [-0.1, -0.05) is 6.42 Å². The summed E-state index contributed by atoms with van der Waals surface area (Å²) in [4.78, 5) is 0. The van der Waals surface area contributed by atoms with Crippen molar-refractivity contribution >= 4 is 0 Å². The predicted molar refractivity (Wildman–Crippen MR) is 46.6 cm³/mol. The van der Waals surface area contributed by atoms with Gasteiger partial charge in [0.05, 0.1) is 0 Å². The fourth-order valence-corrected chi connectivity index (χ4v) is 2.90. The molecule has 0 radical (unpaired) electrons. The second kappa shape index (κ2) is 2.76. The van der Waals surface area contributed by atoms with E-state index in [0.29, 0.717) is 5.41 Å². The molecule has 64 valence electrons. The molecule has 0 unspecified atom stereocenters. The highest BCUT2D eigenvalue weighted by Crippen LogP contribution is 2.44. The lowest BCUT2D eigenvalue weighted by Crippen LogP contribution is -2.36. The Hall–Kier alpha value is -0.0800. The summed E-state index contributed by atoms with van der Waals surface area (Å²) in [5.74, 6) is 0.968. The van der Waals surface area contributed by atoms with Crippen molar-refractivity contribution in [2.75, 3.05) is 26.7 Å². The lowest BCUT2D eigenvalue weighted by atomic mass is 9.81. The maximum atomic E-state index is 3.51. The average molecular weight is 154 g/mol.